The fourth-order valence-corrected chi connectivity index (χ4v) is 2.51. The second-order valence-electron chi connectivity index (χ2n) is 5.22. The molecule has 0 aliphatic carbocycles. The third kappa shape index (κ3) is 3.68. The molecule has 0 saturated carbocycles. The van der Waals surface area contributed by atoms with Crippen LogP contribution in [0.4, 0.5) is 5.82 Å². The van der Waals surface area contributed by atoms with E-state index in [0.29, 0.717) is 25.5 Å². The lowest BCUT2D eigenvalue weighted by atomic mass is 10.2. The van der Waals surface area contributed by atoms with Crippen molar-refractivity contribution in [2.75, 3.05) is 44.4 Å². The first kappa shape index (κ1) is 14.2. The van der Waals surface area contributed by atoms with Gasteiger partial charge in [-0.05, 0) is 25.0 Å². The smallest absolute Gasteiger partial charge is 0.271 e. The van der Waals surface area contributed by atoms with E-state index in [-0.39, 0.29) is 12.0 Å². The summed E-state index contributed by atoms with van der Waals surface area (Å²) in [4.78, 5) is 14.1. The molecular formula is C14H20N4O3. The zero-order valence-corrected chi connectivity index (χ0v) is 12.0. The molecule has 0 aromatic carbocycles. The van der Waals surface area contributed by atoms with E-state index in [4.69, 9.17) is 9.47 Å². The predicted octanol–water partition coefficient (Wildman–Crippen LogP) is 0.222. The highest BCUT2D eigenvalue weighted by Crippen LogP contribution is 2.12. The topological polar surface area (TPSA) is 76.6 Å². The molecule has 2 aliphatic rings. The van der Waals surface area contributed by atoms with Gasteiger partial charge in [0.05, 0.1) is 19.3 Å². The van der Waals surface area contributed by atoms with E-state index in [1.54, 1.807) is 6.07 Å². The monoisotopic (exact) mass is 292 g/mol. The van der Waals surface area contributed by atoms with E-state index < -0.39 is 0 Å². The second kappa shape index (κ2) is 6.82. The number of ether oxygens (including phenoxy) is 2. The van der Waals surface area contributed by atoms with Crippen molar-refractivity contribution < 1.29 is 14.3 Å². The summed E-state index contributed by atoms with van der Waals surface area (Å²) < 4.78 is 10.8. The quantitative estimate of drug-likeness (QED) is 0.855. The molecule has 1 aromatic heterocycles. The summed E-state index contributed by atoms with van der Waals surface area (Å²) in [6.07, 6.45) is 2.20. The summed E-state index contributed by atoms with van der Waals surface area (Å²) in [5.74, 6) is 0.584. The van der Waals surface area contributed by atoms with Gasteiger partial charge in [0.1, 0.15) is 0 Å². The Morgan fingerprint density at radius 3 is 2.81 bits per heavy atom. The molecule has 21 heavy (non-hydrogen) atoms. The first-order valence-electron chi connectivity index (χ1n) is 7.39. The molecule has 2 aliphatic heterocycles. The van der Waals surface area contributed by atoms with Gasteiger partial charge in [-0.15, -0.1) is 10.2 Å². The summed E-state index contributed by atoms with van der Waals surface area (Å²) in [6.45, 7) is 4.33. The van der Waals surface area contributed by atoms with Crippen molar-refractivity contribution in [2.24, 2.45) is 0 Å². The van der Waals surface area contributed by atoms with Gasteiger partial charge in [-0.3, -0.25) is 4.79 Å². The molecule has 1 amide bonds. The number of morpholine rings is 1. The molecule has 2 saturated heterocycles. The van der Waals surface area contributed by atoms with Crippen LogP contribution in [-0.2, 0) is 9.47 Å². The van der Waals surface area contributed by atoms with Crippen LogP contribution in [0.25, 0.3) is 0 Å². The van der Waals surface area contributed by atoms with Crippen molar-refractivity contribution in [3.63, 3.8) is 0 Å². The van der Waals surface area contributed by atoms with Gasteiger partial charge in [-0.2, -0.15) is 0 Å². The maximum Gasteiger partial charge on any atom is 0.271 e. The highest BCUT2D eigenvalue weighted by atomic mass is 16.5. The first-order chi connectivity index (χ1) is 10.3. The zero-order chi connectivity index (χ0) is 14.5. The van der Waals surface area contributed by atoms with Gasteiger partial charge >= 0.3 is 0 Å². The maximum atomic E-state index is 12.0. The normalized spacial score (nSPS) is 22.3. The summed E-state index contributed by atoms with van der Waals surface area (Å²) in [5, 5.41) is 11.0. The van der Waals surface area contributed by atoms with E-state index in [0.717, 1.165) is 38.4 Å². The lowest BCUT2D eigenvalue weighted by Crippen LogP contribution is -2.37. The lowest BCUT2D eigenvalue weighted by molar-refractivity contribution is 0.0853. The average Bonchev–Trinajstić information content (AvgIpc) is 3.07. The number of carbonyl (C=O) groups excluding carboxylic acids is 1. The predicted molar refractivity (Wildman–Crippen MR) is 76.4 cm³/mol. The largest absolute Gasteiger partial charge is 0.378 e. The van der Waals surface area contributed by atoms with Crippen LogP contribution in [0.1, 0.15) is 23.3 Å². The zero-order valence-electron chi connectivity index (χ0n) is 12.0. The molecule has 2 fully saturated rings. The Morgan fingerprint density at radius 1 is 1.29 bits per heavy atom. The molecule has 0 radical (unpaired) electrons. The highest BCUT2D eigenvalue weighted by molar-refractivity contribution is 5.92. The third-order valence-corrected chi connectivity index (χ3v) is 3.73. The maximum absolute atomic E-state index is 12.0. The van der Waals surface area contributed by atoms with Gasteiger partial charge in [-0.25, -0.2) is 0 Å². The molecule has 1 N–H and O–H groups in total. The van der Waals surface area contributed by atoms with Gasteiger partial charge in [0.2, 0.25) is 0 Å². The van der Waals surface area contributed by atoms with Gasteiger partial charge in [0.25, 0.3) is 5.91 Å². The molecule has 1 atom stereocenters. The molecule has 114 valence electrons. The van der Waals surface area contributed by atoms with E-state index in [2.05, 4.69) is 20.4 Å². The minimum Gasteiger partial charge on any atom is -0.378 e. The van der Waals surface area contributed by atoms with Crippen molar-refractivity contribution >= 4 is 11.7 Å². The van der Waals surface area contributed by atoms with E-state index in [1.165, 1.54) is 0 Å². The Balaban J connectivity index is 1.54. The van der Waals surface area contributed by atoms with Crippen molar-refractivity contribution in [3.05, 3.63) is 17.8 Å². The summed E-state index contributed by atoms with van der Waals surface area (Å²) in [6, 6.07) is 3.54. The number of hydrogen-bond acceptors (Lipinski definition) is 6. The summed E-state index contributed by atoms with van der Waals surface area (Å²) >= 11 is 0. The summed E-state index contributed by atoms with van der Waals surface area (Å²) in [5.41, 5.74) is 0.338. The highest BCUT2D eigenvalue weighted by Gasteiger charge is 2.18. The molecular weight excluding hydrogens is 272 g/mol. The number of carbonyl (C=O) groups is 1. The number of aromatic nitrogens is 2. The molecule has 1 unspecified atom stereocenters. The minimum atomic E-state index is -0.202. The molecule has 3 heterocycles. The van der Waals surface area contributed by atoms with Crippen molar-refractivity contribution in [3.8, 4) is 0 Å². The van der Waals surface area contributed by atoms with Gasteiger partial charge in [0, 0.05) is 26.2 Å². The van der Waals surface area contributed by atoms with E-state index in [1.807, 2.05) is 6.07 Å². The molecule has 1 aromatic rings. The first-order valence-corrected chi connectivity index (χ1v) is 7.39. The molecule has 7 nitrogen and oxygen atoms in total. The Kier molecular flexibility index (Phi) is 4.62. The number of anilines is 1. The molecule has 0 spiro atoms. The SMILES string of the molecule is O=C(NCC1CCCO1)c1ccc(N2CCOCC2)nn1. The van der Waals surface area contributed by atoms with Crippen molar-refractivity contribution in [1.82, 2.24) is 15.5 Å². The van der Waals surface area contributed by atoms with Crippen LogP contribution in [0.5, 0.6) is 0 Å². The standard InChI is InChI=1S/C14H20N4O3/c19-14(15-10-11-2-1-7-21-11)12-3-4-13(17-16-12)18-5-8-20-9-6-18/h3-4,11H,1-2,5-10H2,(H,15,19). The van der Waals surface area contributed by atoms with Crippen LogP contribution in [0.15, 0.2) is 12.1 Å². The van der Waals surface area contributed by atoms with Crippen LogP contribution >= 0.6 is 0 Å². The number of nitrogens with one attached hydrogen (secondary N) is 1. The Bertz CT molecular complexity index is 468. The van der Waals surface area contributed by atoms with Gasteiger partial charge in [0.15, 0.2) is 11.5 Å². The average molecular weight is 292 g/mol. The fourth-order valence-electron chi connectivity index (χ4n) is 2.51. The van der Waals surface area contributed by atoms with Crippen LogP contribution in [0, 0.1) is 0 Å². The van der Waals surface area contributed by atoms with Crippen LogP contribution < -0.4 is 10.2 Å². The number of nitrogens with zero attached hydrogens (tertiary/aromatic N) is 3. The fraction of sp³-hybridized carbons (Fsp3) is 0.643. The van der Waals surface area contributed by atoms with E-state index in [9.17, 15) is 4.79 Å². The lowest BCUT2D eigenvalue weighted by Gasteiger charge is -2.27. The van der Waals surface area contributed by atoms with Crippen molar-refractivity contribution in [1.29, 1.82) is 0 Å². The Hall–Kier alpha value is -1.73. The van der Waals surface area contributed by atoms with Crippen LogP contribution in [-0.4, -0.2) is 61.7 Å². The van der Waals surface area contributed by atoms with Gasteiger partial charge in [-0.1, -0.05) is 0 Å². The van der Waals surface area contributed by atoms with Gasteiger partial charge < -0.3 is 19.7 Å². The number of rotatable bonds is 4. The minimum absolute atomic E-state index is 0.134. The Labute approximate surface area is 123 Å². The van der Waals surface area contributed by atoms with Crippen LogP contribution in [0.3, 0.4) is 0 Å². The summed E-state index contributed by atoms with van der Waals surface area (Å²) in [7, 11) is 0. The second-order valence-corrected chi connectivity index (χ2v) is 5.22. The number of hydrogen-bond donors (Lipinski definition) is 1. The van der Waals surface area contributed by atoms with Crippen LogP contribution in [0.2, 0.25) is 0 Å². The molecule has 3 rings (SSSR count). The molecule has 0 bridgehead atoms. The van der Waals surface area contributed by atoms with E-state index >= 15 is 0 Å². The van der Waals surface area contributed by atoms with Crippen molar-refractivity contribution in [2.45, 2.75) is 18.9 Å². The molecule has 7 heteroatoms. The third-order valence-electron chi connectivity index (χ3n) is 3.73. The Morgan fingerprint density at radius 2 is 2.14 bits per heavy atom. The number of amides is 1.